The number of fused-ring (bicyclic) bond motifs is 1. The monoisotopic (exact) mass is 740 g/mol. The Bertz CT molecular complexity index is 1760. The molecule has 1 aliphatic rings. The van der Waals surface area contributed by atoms with E-state index in [-0.39, 0.29) is 24.3 Å². The van der Waals surface area contributed by atoms with Crippen molar-refractivity contribution >= 4 is 63.5 Å². The zero-order chi connectivity index (χ0) is 31.3. The predicted molar refractivity (Wildman–Crippen MR) is 171 cm³/mol. The summed E-state index contributed by atoms with van der Waals surface area (Å²) in [6, 6.07) is 7.66. The summed E-state index contributed by atoms with van der Waals surface area (Å²) in [5.74, 6) is 0.112. The van der Waals surface area contributed by atoms with Crippen LogP contribution in [0.3, 0.4) is 0 Å². The van der Waals surface area contributed by atoms with Gasteiger partial charge in [-0.05, 0) is 86.2 Å². The van der Waals surface area contributed by atoms with E-state index in [1.54, 1.807) is 50.3 Å². The number of allylic oxidation sites excluding steroid dienone is 1. The minimum absolute atomic E-state index is 0.144. The van der Waals surface area contributed by atoms with Crippen molar-refractivity contribution < 1.29 is 33.3 Å². The molecule has 1 aromatic heterocycles. The number of halogens is 2. The topological polar surface area (TPSA) is 115 Å². The number of hydrogen-bond donors (Lipinski definition) is 0. The molecule has 1 atom stereocenters. The smallest absolute Gasteiger partial charge is 0.343 e. The van der Waals surface area contributed by atoms with E-state index in [4.69, 9.17) is 30.5 Å². The summed E-state index contributed by atoms with van der Waals surface area (Å²) >= 11 is 9.69. The largest absolute Gasteiger partial charge is 0.492 e. The summed E-state index contributed by atoms with van der Waals surface area (Å²) in [6.45, 7) is 7.67. The van der Waals surface area contributed by atoms with Crippen LogP contribution in [0.15, 0.2) is 51.4 Å². The van der Waals surface area contributed by atoms with E-state index in [0.717, 1.165) is 3.57 Å². The Balaban J connectivity index is 1.94. The Kier molecular flexibility index (Phi) is 10.9. The Morgan fingerprint density at radius 2 is 1.81 bits per heavy atom. The van der Waals surface area contributed by atoms with Crippen LogP contribution in [-0.2, 0) is 19.1 Å². The van der Waals surface area contributed by atoms with Crippen molar-refractivity contribution in [2.24, 2.45) is 4.99 Å². The average Bonchev–Trinajstić information content (AvgIpc) is 3.27. The third-order valence-electron chi connectivity index (χ3n) is 6.29. The molecule has 2 heterocycles. The zero-order valence-electron chi connectivity index (χ0n) is 24.2. The average molecular weight is 741 g/mol. The van der Waals surface area contributed by atoms with Gasteiger partial charge < -0.3 is 23.7 Å². The number of esters is 2. The van der Waals surface area contributed by atoms with Gasteiger partial charge in [-0.3, -0.25) is 9.36 Å². The lowest BCUT2D eigenvalue weighted by atomic mass is 9.95. The maximum absolute atomic E-state index is 14.1. The first-order chi connectivity index (χ1) is 20.6. The van der Waals surface area contributed by atoms with Gasteiger partial charge in [-0.15, -0.1) is 0 Å². The molecule has 0 N–H and O–H groups in total. The molecule has 0 amide bonds. The molecule has 0 saturated heterocycles. The van der Waals surface area contributed by atoms with E-state index < -0.39 is 18.0 Å². The van der Waals surface area contributed by atoms with Gasteiger partial charge >= 0.3 is 11.9 Å². The van der Waals surface area contributed by atoms with Crippen LogP contribution in [0.2, 0.25) is 5.02 Å². The number of methoxy groups -OCH3 is 1. The van der Waals surface area contributed by atoms with E-state index in [1.807, 2.05) is 13.8 Å². The second-order valence-electron chi connectivity index (χ2n) is 9.05. The van der Waals surface area contributed by atoms with E-state index in [2.05, 4.69) is 32.3 Å². The lowest BCUT2D eigenvalue weighted by Gasteiger charge is -2.25. The molecule has 0 bridgehead atoms. The summed E-state index contributed by atoms with van der Waals surface area (Å²) in [6.07, 6.45) is 1.72. The second kappa shape index (κ2) is 14.4. The molecule has 43 heavy (non-hydrogen) atoms. The molecule has 0 unspecified atom stereocenters. The van der Waals surface area contributed by atoms with Crippen molar-refractivity contribution in [3.8, 4) is 17.2 Å². The molecule has 10 nitrogen and oxygen atoms in total. The van der Waals surface area contributed by atoms with Crippen LogP contribution in [0.1, 0.15) is 44.9 Å². The molecular formula is C30H30ClIN2O8S. The maximum Gasteiger partial charge on any atom is 0.343 e. The normalized spacial score (nSPS) is 14.6. The minimum atomic E-state index is -0.878. The third kappa shape index (κ3) is 7.07. The quantitative estimate of drug-likeness (QED) is 0.210. The highest BCUT2D eigenvalue weighted by molar-refractivity contribution is 14.1. The highest BCUT2D eigenvalue weighted by atomic mass is 127. The van der Waals surface area contributed by atoms with Gasteiger partial charge in [0.1, 0.15) is 5.75 Å². The molecule has 4 rings (SSSR count). The molecule has 0 saturated carbocycles. The lowest BCUT2D eigenvalue weighted by molar-refractivity contribution is -0.143. The fourth-order valence-electron chi connectivity index (χ4n) is 4.51. The van der Waals surface area contributed by atoms with Crippen LogP contribution in [0.4, 0.5) is 0 Å². The number of ether oxygens (including phenoxy) is 5. The Labute approximate surface area is 270 Å². The SMILES string of the molecule is CCOC(=O)C1=C(C)N=c2s/c(=C/c3cc(Cl)cc(I)c3OCC)c(=O)n2[C@@H]1c1ccc(OCC(=O)OC)c(OCC)c1. The van der Waals surface area contributed by atoms with Crippen molar-refractivity contribution in [3.63, 3.8) is 0 Å². The summed E-state index contributed by atoms with van der Waals surface area (Å²) in [5.41, 5.74) is 1.49. The van der Waals surface area contributed by atoms with Crippen molar-refractivity contribution in [3.05, 3.63) is 81.0 Å². The van der Waals surface area contributed by atoms with Crippen molar-refractivity contribution in [2.75, 3.05) is 33.5 Å². The molecule has 1 aliphatic heterocycles. The summed E-state index contributed by atoms with van der Waals surface area (Å²) < 4.78 is 30.0. The number of carbonyl (C=O) groups excluding carboxylic acids is 2. The molecule has 0 radical (unpaired) electrons. The molecule has 0 spiro atoms. The van der Waals surface area contributed by atoms with Gasteiger partial charge in [0.25, 0.3) is 5.56 Å². The standard InChI is InChI=1S/C30H30ClIN2O8S/c1-6-39-22-12-17(9-10-21(22)42-15-24(35)38-5)26-25(29(37)41-8-3)16(4)33-30-34(26)28(36)23(43-30)13-18-11-19(31)14-20(32)27(18)40-7-2/h9-14,26H,6-8,15H2,1-5H3/b23-13+/t26-/m1/s1. The number of hydrogen-bond acceptors (Lipinski definition) is 10. The van der Waals surface area contributed by atoms with Crippen LogP contribution >= 0.6 is 45.5 Å². The van der Waals surface area contributed by atoms with Gasteiger partial charge in [0, 0.05) is 10.6 Å². The third-order valence-corrected chi connectivity index (χ3v) is 8.29. The molecule has 13 heteroatoms. The van der Waals surface area contributed by atoms with E-state index in [9.17, 15) is 14.4 Å². The fourth-order valence-corrected chi connectivity index (χ4v) is 6.76. The van der Waals surface area contributed by atoms with Crippen LogP contribution in [-0.4, -0.2) is 50.0 Å². The molecule has 2 aromatic carbocycles. The molecule has 0 fully saturated rings. The zero-order valence-corrected chi connectivity index (χ0v) is 27.9. The number of aromatic nitrogens is 1. The first kappa shape index (κ1) is 32.6. The number of benzene rings is 2. The fraction of sp³-hybridized carbons (Fsp3) is 0.333. The van der Waals surface area contributed by atoms with Gasteiger partial charge in [-0.1, -0.05) is 29.0 Å². The molecule has 0 aliphatic carbocycles. The van der Waals surface area contributed by atoms with E-state index in [0.29, 0.717) is 61.6 Å². The molecular weight excluding hydrogens is 711 g/mol. The Morgan fingerprint density at radius 1 is 1.07 bits per heavy atom. The lowest BCUT2D eigenvalue weighted by Crippen LogP contribution is -2.40. The first-order valence-corrected chi connectivity index (χ1v) is 15.7. The first-order valence-electron chi connectivity index (χ1n) is 13.4. The van der Waals surface area contributed by atoms with Gasteiger partial charge in [0.2, 0.25) is 0 Å². The second-order valence-corrected chi connectivity index (χ2v) is 11.7. The number of rotatable bonds is 11. The highest BCUT2D eigenvalue weighted by Crippen LogP contribution is 2.36. The highest BCUT2D eigenvalue weighted by Gasteiger charge is 2.34. The van der Waals surface area contributed by atoms with Crippen molar-refractivity contribution in [1.29, 1.82) is 0 Å². The Hall–Kier alpha value is -3.36. The number of carbonyl (C=O) groups is 2. The van der Waals surface area contributed by atoms with Crippen LogP contribution < -0.4 is 29.1 Å². The van der Waals surface area contributed by atoms with Gasteiger partial charge in [0.05, 0.1) is 52.3 Å². The minimum Gasteiger partial charge on any atom is -0.492 e. The van der Waals surface area contributed by atoms with Crippen molar-refractivity contribution in [1.82, 2.24) is 4.57 Å². The van der Waals surface area contributed by atoms with Gasteiger partial charge in [-0.2, -0.15) is 0 Å². The predicted octanol–water partition coefficient (Wildman–Crippen LogP) is 4.41. The molecule has 228 valence electrons. The van der Waals surface area contributed by atoms with Crippen molar-refractivity contribution in [2.45, 2.75) is 33.7 Å². The summed E-state index contributed by atoms with van der Waals surface area (Å²) in [4.78, 5) is 44.1. The van der Waals surface area contributed by atoms with E-state index >= 15 is 0 Å². The van der Waals surface area contributed by atoms with Gasteiger partial charge in [-0.25, -0.2) is 14.6 Å². The molecule has 3 aromatic rings. The maximum atomic E-state index is 14.1. The van der Waals surface area contributed by atoms with Crippen LogP contribution in [0, 0.1) is 3.57 Å². The number of thiazole rings is 1. The summed E-state index contributed by atoms with van der Waals surface area (Å²) in [7, 11) is 1.27. The van der Waals surface area contributed by atoms with Crippen LogP contribution in [0.25, 0.3) is 6.08 Å². The summed E-state index contributed by atoms with van der Waals surface area (Å²) in [5, 5.41) is 0.503. The number of nitrogens with zero attached hydrogens (tertiary/aromatic N) is 2. The van der Waals surface area contributed by atoms with Crippen LogP contribution in [0.5, 0.6) is 17.2 Å². The van der Waals surface area contributed by atoms with E-state index in [1.165, 1.54) is 23.0 Å². The van der Waals surface area contributed by atoms with Gasteiger partial charge in [0.15, 0.2) is 22.9 Å². The Morgan fingerprint density at radius 3 is 2.49 bits per heavy atom.